The third kappa shape index (κ3) is 2.91. The first-order valence-corrected chi connectivity index (χ1v) is 7.12. The molecule has 0 aliphatic heterocycles. The SMILES string of the molecule is CNC(c1cc(C)c(F)c(C)c1)c1cc(F)ccc1Br. The first kappa shape index (κ1) is 15.1. The van der Waals surface area contributed by atoms with E-state index in [0.717, 1.165) is 15.6 Å². The molecule has 0 heterocycles. The first-order chi connectivity index (χ1) is 9.43. The highest BCUT2D eigenvalue weighted by Crippen LogP contribution is 2.30. The van der Waals surface area contributed by atoms with Crippen LogP contribution in [0.3, 0.4) is 0 Å². The fourth-order valence-electron chi connectivity index (χ4n) is 2.38. The second-order valence-corrected chi connectivity index (χ2v) is 5.71. The summed E-state index contributed by atoms with van der Waals surface area (Å²) in [4.78, 5) is 0. The molecule has 0 saturated heterocycles. The van der Waals surface area contributed by atoms with Gasteiger partial charge in [-0.2, -0.15) is 0 Å². The normalized spacial score (nSPS) is 12.5. The Morgan fingerprint density at radius 1 is 1.05 bits per heavy atom. The number of hydrogen-bond acceptors (Lipinski definition) is 1. The van der Waals surface area contributed by atoms with Crippen molar-refractivity contribution >= 4 is 15.9 Å². The molecule has 1 N–H and O–H groups in total. The molecule has 0 aromatic heterocycles. The summed E-state index contributed by atoms with van der Waals surface area (Å²) < 4.78 is 28.0. The predicted molar refractivity (Wildman–Crippen MR) is 80.9 cm³/mol. The fraction of sp³-hybridized carbons (Fsp3) is 0.250. The minimum absolute atomic E-state index is 0.193. The molecule has 0 aliphatic carbocycles. The number of nitrogens with one attached hydrogen (secondary N) is 1. The van der Waals surface area contributed by atoms with Gasteiger partial charge in [0.15, 0.2) is 0 Å². The summed E-state index contributed by atoms with van der Waals surface area (Å²) in [7, 11) is 1.80. The number of hydrogen-bond donors (Lipinski definition) is 1. The van der Waals surface area contributed by atoms with Crippen molar-refractivity contribution in [1.29, 1.82) is 0 Å². The Labute approximate surface area is 126 Å². The Hall–Kier alpha value is -1.26. The van der Waals surface area contributed by atoms with E-state index in [9.17, 15) is 8.78 Å². The Morgan fingerprint density at radius 3 is 2.20 bits per heavy atom. The standard InChI is InChI=1S/C16H16BrF2N/c1-9-6-11(7-10(2)15(9)19)16(20-3)13-8-12(18)4-5-14(13)17/h4-8,16,20H,1-3H3. The summed E-state index contributed by atoms with van der Waals surface area (Å²) in [5.74, 6) is -0.485. The van der Waals surface area contributed by atoms with E-state index >= 15 is 0 Å². The summed E-state index contributed by atoms with van der Waals surface area (Å²) in [6.07, 6.45) is 0. The van der Waals surface area contributed by atoms with Crippen LogP contribution < -0.4 is 5.32 Å². The molecular formula is C16H16BrF2N. The van der Waals surface area contributed by atoms with E-state index in [1.165, 1.54) is 12.1 Å². The maximum absolute atomic E-state index is 13.7. The van der Waals surface area contributed by atoms with Crippen LogP contribution in [0.4, 0.5) is 8.78 Å². The van der Waals surface area contributed by atoms with Gasteiger partial charge in [0.05, 0.1) is 6.04 Å². The zero-order chi connectivity index (χ0) is 14.9. The lowest BCUT2D eigenvalue weighted by atomic mass is 9.95. The molecule has 0 bridgehead atoms. The van der Waals surface area contributed by atoms with Gasteiger partial charge in [0.2, 0.25) is 0 Å². The molecule has 0 spiro atoms. The van der Waals surface area contributed by atoms with Crippen LogP contribution in [0.25, 0.3) is 0 Å². The molecule has 20 heavy (non-hydrogen) atoms. The van der Waals surface area contributed by atoms with Crippen LogP contribution >= 0.6 is 15.9 Å². The molecule has 1 nitrogen and oxygen atoms in total. The van der Waals surface area contributed by atoms with E-state index in [-0.39, 0.29) is 17.7 Å². The fourth-order valence-corrected chi connectivity index (χ4v) is 2.86. The molecule has 0 radical (unpaired) electrons. The summed E-state index contributed by atoms with van der Waals surface area (Å²) in [6.45, 7) is 3.47. The number of rotatable bonds is 3. The smallest absolute Gasteiger partial charge is 0.129 e. The van der Waals surface area contributed by atoms with Gasteiger partial charge in [-0.05, 0) is 61.3 Å². The van der Waals surface area contributed by atoms with Gasteiger partial charge in [-0.1, -0.05) is 28.1 Å². The predicted octanol–water partition coefficient (Wildman–Crippen LogP) is 4.65. The average Bonchev–Trinajstić information content (AvgIpc) is 2.40. The third-order valence-electron chi connectivity index (χ3n) is 3.35. The zero-order valence-corrected chi connectivity index (χ0v) is 13.2. The Balaban J connectivity index is 2.55. The first-order valence-electron chi connectivity index (χ1n) is 6.33. The topological polar surface area (TPSA) is 12.0 Å². The lowest BCUT2D eigenvalue weighted by molar-refractivity contribution is 0.601. The van der Waals surface area contributed by atoms with Crippen molar-refractivity contribution in [3.63, 3.8) is 0 Å². The monoisotopic (exact) mass is 339 g/mol. The van der Waals surface area contributed by atoms with E-state index in [0.29, 0.717) is 11.1 Å². The highest BCUT2D eigenvalue weighted by Gasteiger charge is 2.17. The Bertz CT molecular complexity index is 617. The number of benzene rings is 2. The molecule has 0 fully saturated rings. The molecular weight excluding hydrogens is 324 g/mol. The van der Waals surface area contributed by atoms with Gasteiger partial charge in [-0.15, -0.1) is 0 Å². The summed E-state index contributed by atoms with van der Waals surface area (Å²) >= 11 is 3.44. The highest BCUT2D eigenvalue weighted by atomic mass is 79.9. The van der Waals surface area contributed by atoms with Gasteiger partial charge in [-0.3, -0.25) is 0 Å². The van der Waals surface area contributed by atoms with Crippen molar-refractivity contribution in [2.75, 3.05) is 7.05 Å². The van der Waals surface area contributed by atoms with Crippen LogP contribution in [0.5, 0.6) is 0 Å². The molecule has 106 valence electrons. The summed E-state index contributed by atoms with van der Waals surface area (Å²) in [6, 6.07) is 7.96. The van der Waals surface area contributed by atoms with Crippen LogP contribution in [0.1, 0.15) is 28.3 Å². The lowest BCUT2D eigenvalue weighted by Gasteiger charge is -2.20. The minimum Gasteiger partial charge on any atom is -0.309 e. The largest absolute Gasteiger partial charge is 0.309 e. The van der Waals surface area contributed by atoms with Crippen LogP contribution in [0.15, 0.2) is 34.8 Å². The van der Waals surface area contributed by atoms with E-state index in [1.54, 1.807) is 39.1 Å². The van der Waals surface area contributed by atoms with Crippen LogP contribution in [-0.2, 0) is 0 Å². The van der Waals surface area contributed by atoms with Gasteiger partial charge in [0.25, 0.3) is 0 Å². The average molecular weight is 340 g/mol. The van der Waals surface area contributed by atoms with E-state index < -0.39 is 0 Å². The van der Waals surface area contributed by atoms with Gasteiger partial charge in [0.1, 0.15) is 11.6 Å². The van der Waals surface area contributed by atoms with Crippen molar-refractivity contribution < 1.29 is 8.78 Å². The van der Waals surface area contributed by atoms with E-state index in [4.69, 9.17) is 0 Å². The van der Waals surface area contributed by atoms with Gasteiger partial charge < -0.3 is 5.32 Å². The highest BCUT2D eigenvalue weighted by molar-refractivity contribution is 9.10. The van der Waals surface area contributed by atoms with Gasteiger partial charge in [0, 0.05) is 4.47 Å². The molecule has 4 heteroatoms. The van der Waals surface area contributed by atoms with Crippen molar-refractivity contribution in [2.45, 2.75) is 19.9 Å². The zero-order valence-electron chi connectivity index (χ0n) is 11.6. The lowest BCUT2D eigenvalue weighted by Crippen LogP contribution is -2.19. The summed E-state index contributed by atoms with van der Waals surface area (Å²) in [5.41, 5.74) is 2.88. The molecule has 0 aliphatic rings. The molecule has 2 rings (SSSR count). The van der Waals surface area contributed by atoms with Crippen molar-refractivity contribution in [3.05, 3.63) is 68.7 Å². The number of halogens is 3. The van der Waals surface area contributed by atoms with E-state index in [2.05, 4.69) is 21.2 Å². The molecule has 2 aromatic rings. The molecule has 1 unspecified atom stereocenters. The van der Waals surface area contributed by atoms with Crippen LogP contribution in [0, 0.1) is 25.5 Å². The third-order valence-corrected chi connectivity index (χ3v) is 4.07. The van der Waals surface area contributed by atoms with Crippen LogP contribution in [-0.4, -0.2) is 7.05 Å². The second kappa shape index (κ2) is 6.02. The maximum Gasteiger partial charge on any atom is 0.129 e. The molecule has 1 atom stereocenters. The van der Waals surface area contributed by atoms with Crippen molar-refractivity contribution in [1.82, 2.24) is 5.32 Å². The molecule has 2 aromatic carbocycles. The Morgan fingerprint density at radius 2 is 1.65 bits per heavy atom. The van der Waals surface area contributed by atoms with Gasteiger partial charge in [-0.25, -0.2) is 8.78 Å². The maximum atomic E-state index is 13.7. The second-order valence-electron chi connectivity index (χ2n) is 4.86. The van der Waals surface area contributed by atoms with Gasteiger partial charge >= 0.3 is 0 Å². The number of aryl methyl sites for hydroxylation is 2. The molecule has 0 amide bonds. The van der Waals surface area contributed by atoms with Crippen molar-refractivity contribution in [2.24, 2.45) is 0 Å². The Kier molecular flexibility index (Phi) is 4.55. The quantitative estimate of drug-likeness (QED) is 0.857. The van der Waals surface area contributed by atoms with Crippen LogP contribution in [0.2, 0.25) is 0 Å². The minimum atomic E-state index is -0.293. The molecule has 0 saturated carbocycles. The van der Waals surface area contributed by atoms with E-state index in [1.807, 2.05) is 0 Å². The van der Waals surface area contributed by atoms with Crippen molar-refractivity contribution in [3.8, 4) is 0 Å². The summed E-state index contributed by atoms with van der Waals surface area (Å²) in [5, 5.41) is 3.16.